The Labute approximate surface area is 156 Å². The lowest BCUT2D eigenvalue weighted by Gasteiger charge is -2.16. The monoisotopic (exact) mass is 372 g/mol. The zero-order valence-electron chi connectivity index (χ0n) is 15.2. The number of nitrogens with one attached hydrogen (secondary N) is 1. The van der Waals surface area contributed by atoms with Crippen molar-refractivity contribution in [3.05, 3.63) is 53.8 Å². The van der Waals surface area contributed by atoms with E-state index in [-0.39, 0.29) is 24.8 Å². The summed E-state index contributed by atoms with van der Waals surface area (Å²) in [6.07, 6.45) is 0.561. The van der Waals surface area contributed by atoms with E-state index in [1.807, 2.05) is 12.1 Å². The predicted molar refractivity (Wildman–Crippen MR) is 98.4 cm³/mol. The van der Waals surface area contributed by atoms with Crippen molar-refractivity contribution in [2.24, 2.45) is 0 Å². The van der Waals surface area contributed by atoms with E-state index < -0.39 is 11.9 Å². The van der Waals surface area contributed by atoms with Crippen molar-refractivity contribution in [2.75, 3.05) is 26.1 Å². The van der Waals surface area contributed by atoms with Crippen LogP contribution in [-0.4, -0.2) is 43.5 Å². The molecule has 0 unspecified atom stereocenters. The highest BCUT2D eigenvalue weighted by atomic mass is 19.1. The molecule has 0 spiro atoms. The first kappa shape index (κ1) is 18.7. The van der Waals surface area contributed by atoms with Gasteiger partial charge in [-0.05, 0) is 42.3 Å². The largest absolute Gasteiger partial charge is 0.493 e. The molecule has 0 aromatic heterocycles. The summed E-state index contributed by atoms with van der Waals surface area (Å²) in [5, 5.41) is 2.93. The Morgan fingerprint density at radius 3 is 2.59 bits per heavy atom. The number of nitrogens with zero attached hydrogens (tertiary/aromatic N) is 1. The molecule has 2 aromatic rings. The molecule has 0 bridgehead atoms. The predicted octanol–water partition coefficient (Wildman–Crippen LogP) is 2.63. The Morgan fingerprint density at radius 2 is 1.89 bits per heavy atom. The standard InChI is InChI=1S/C20H21FN2O4/c1-26-17-7-6-13(10-18(17)27-2)8-9-23-19(24)12-16(20(23)25)22-15-5-3-4-14(21)11-15/h3-7,10-11,16,22H,8-9,12H2,1-2H3/t16-/m1/s1. The molecule has 27 heavy (non-hydrogen) atoms. The lowest BCUT2D eigenvalue weighted by molar-refractivity contribution is -0.138. The van der Waals surface area contributed by atoms with Gasteiger partial charge in [0.1, 0.15) is 11.9 Å². The highest BCUT2D eigenvalue weighted by Gasteiger charge is 2.38. The number of rotatable bonds is 7. The van der Waals surface area contributed by atoms with E-state index in [0.29, 0.717) is 23.6 Å². The molecule has 1 N–H and O–H groups in total. The van der Waals surface area contributed by atoms with Crippen LogP contribution in [0.5, 0.6) is 11.5 Å². The molecule has 1 saturated heterocycles. The molecular weight excluding hydrogens is 351 g/mol. The number of imide groups is 1. The molecule has 3 rings (SSSR count). The van der Waals surface area contributed by atoms with Crippen molar-refractivity contribution >= 4 is 17.5 Å². The van der Waals surface area contributed by atoms with Crippen molar-refractivity contribution in [2.45, 2.75) is 18.9 Å². The molecule has 0 saturated carbocycles. The van der Waals surface area contributed by atoms with Gasteiger partial charge >= 0.3 is 0 Å². The van der Waals surface area contributed by atoms with Crippen LogP contribution in [0.3, 0.4) is 0 Å². The minimum atomic E-state index is -0.676. The molecule has 142 valence electrons. The zero-order chi connectivity index (χ0) is 19.4. The van der Waals surface area contributed by atoms with E-state index in [4.69, 9.17) is 9.47 Å². The van der Waals surface area contributed by atoms with Crippen LogP contribution < -0.4 is 14.8 Å². The van der Waals surface area contributed by atoms with Gasteiger partial charge in [0.25, 0.3) is 5.91 Å². The van der Waals surface area contributed by atoms with Crippen LogP contribution in [0.15, 0.2) is 42.5 Å². The van der Waals surface area contributed by atoms with Gasteiger partial charge in [0, 0.05) is 12.2 Å². The Balaban J connectivity index is 1.64. The highest BCUT2D eigenvalue weighted by molar-refractivity contribution is 6.06. The number of anilines is 1. The van der Waals surface area contributed by atoms with Crippen LogP contribution in [-0.2, 0) is 16.0 Å². The van der Waals surface area contributed by atoms with Crippen LogP contribution in [0.1, 0.15) is 12.0 Å². The first-order chi connectivity index (χ1) is 13.0. The lowest BCUT2D eigenvalue weighted by Crippen LogP contribution is -2.36. The molecule has 1 aliphatic heterocycles. The second kappa shape index (κ2) is 8.07. The fraction of sp³-hybridized carbons (Fsp3) is 0.300. The molecule has 2 aromatic carbocycles. The van der Waals surface area contributed by atoms with E-state index in [1.54, 1.807) is 32.4 Å². The number of halogens is 1. The van der Waals surface area contributed by atoms with Gasteiger partial charge in [0.15, 0.2) is 11.5 Å². The number of amides is 2. The normalized spacial score (nSPS) is 16.6. The molecule has 0 aliphatic carbocycles. The molecule has 1 fully saturated rings. The number of likely N-dealkylation sites (tertiary alicyclic amines) is 1. The van der Waals surface area contributed by atoms with E-state index in [1.165, 1.54) is 17.0 Å². The average Bonchev–Trinajstić information content (AvgIpc) is 2.92. The summed E-state index contributed by atoms with van der Waals surface area (Å²) in [5.74, 6) is 0.273. The van der Waals surface area contributed by atoms with Gasteiger partial charge in [0.05, 0.1) is 20.6 Å². The molecular formula is C20H21FN2O4. The number of hydrogen-bond acceptors (Lipinski definition) is 5. The van der Waals surface area contributed by atoms with Crippen LogP contribution in [0, 0.1) is 5.82 Å². The van der Waals surface area contributed by atoms with Crippen molar-refractivity contribution in [3.63, 3.8) is 0 Å². The summed E-state index contributed by atoms with van der Waals surface area (Å²) in [6.45, 7) is 0.272. The number of hydrogen-bond donors (Lipinski definition) is 1. The van der Waals surface area contributed by atoms with Crippen LogP contribution >= 0.6 is 0 Å². The third-order valence-corrected chi connectivity index (χ3v) is 4.48. The van der Waals surface area contributed by atoms with E-state index in [2.05, 4.69) is 5.32 Å². The third kappa shape index (κ3) is 4.19. The van der Waals surface area contributed by atoms with E-state index in [9.17, 15) is 14.0 Å². The van der Waals surface area contributed by atoms with Crippen molar-refractivity contribution in [3.8, 4) is 11.5 Å². The molecule has 1 atom stereocenters. The molecule has 2 amide bonds. The van der Waals surface area contributed by atoms with Crippen molar-refractivity contribution in [1.82, 2.24) is 4.90 Å². The van der Waals surface area contributed by atoms with Gasteiger partial charge < -0.3 is 14.8 Å². The summed E-state index contributed by atoms with van der Waals surface area (Å²) in [7, 11) is 3.11. The van der Waals surface area contributed by atoms with Gasteiger partial charge in [-0.3, -0.25) is 14.5 Å². The number of carbonyl (C=O) groups excluding carboxylic acids is 2. The minimum absolute atomic E-state index is 0.0568. The molecule has 1 aliphatic rings. The quantitative estimate of drug-likeness (QED) is 0.757. The second-order valence-electron chi connectivity index (χ2n) is 6.23. The summed E-state index contributed by atoms with van der Waals surface area (Å²) < 4.78 is 23.8. The Hall–Kier alpha value is -3.09. The number of benzene rings is 2. The third-order valence-electron chi connectivity index (χ3n) is 4.48. The van der Waals surface area contributed by atoms with Gasteiger partial charge in [-0.2, -0.15) is 0 Å². The summed E-state index contributed by atoms with van der Waals surface area (Å²) >= 11 is 0. The molecule has 0 radical (unpaired) electrons. The van der Waals surface area contributed by atoms with Gasteiger partial charge in [-0.25, -0.2) is 4.39 Å². The first-order valence-electron chi connectivity index (χ1n) is 8.59. The fourth-order valence-corrected chi connectivity index (χ4v) is 3.09. The maximum absolute atomic E-state index is 13.3. The van der Waals surface area contributed by atoms with Crippen LogP contribution in [0.4, 0.5) is 10.1 Å². The van der Waals surface area contributed by atoms with E-state index >= 15 is 0 Å². The maximum Gasteiger partial charge on any atom is 0.252 e. The summed E-state index contributed by atoms with van der Waals surface area (Å²) in [5.41, 5.74) is 1.40. The Morgan fingerprint density at radius 1 is 1.11 bits per heavy atom. The van der Waals surface area contributed by atoms with Crippen LogP contribution in [0.2, 0.25) is 0 Å². The van der Waals surface area contributed by atoms with Gasteiger partial charge in [-0.15, -0.1) is 0 Å². The number of carbonyl (C=O) groups is 2. The number of methoxy groups -OCH3 is 2. The maximum atomic E-state index is 13.3. The molecule has 1 heterocycles. The first-order valence-corrected chi connectivity index (χ1v) is 8.59. The molecule has 6 nitrogen and oxygen atoms in total. The summed E-state index contributed by atoms with van der Waals surface area (Å²) in [6, 6.07) is 10.6. The van der Waals surface area contributed by atoms with Gasteiger partial charge in [0.2, 0.25) is 5.91 Å². The fourth-order valence-electron chi connectivity index (χ4n) is 3.09. The van der Waals surface area contributed by atoms with E-state index in [0.717, 1.165) is 5.56 Å². The topological polar surface area (TPSA) is 67.9 Å². The molecule has 7 heteroatoms. The highest BCUT2D eigenvalue weighted by Crippen LogP contribution is 2.28. The number of ether oxygens (including phenoxy) is 2. The van der Waals surface area contributed by atoms with Crippen molar-refractivity contribution in [1.29, 1.82) is 0 Å². The SMILES string of the molecule is COc1ccc(CCN2C(=O)C[C@@H](Nc3cccc(F)c3)C2=O)cc1OC. The zero-order valence-corrected chi connectivity index (χ0v) is 15.2. The second-order valence-corrected chi connectivity index (χ2v) is 6.23. The summed E-state index contributed by atoms with van der Waals surface area (Å²) in [4.78, 5) is 26.0. The van der Waals surface area contributed by atoms with Crippen molar-refractivity contribution < 1.29 is 23.5 Å². The average molecular weight is 372 g/mol. The van der Waals surface area contributed by atoms with Gasteiger partial charge in [-0.1, -0.05) is 12.1 Å². The van der Waals surface area contributed by atoms with Crippen LogP contribution in [0.25, 0.3) is 0 Å². The minimum Gasteiger partial charge on any atom is -0.493 e. The Kier molecular flexibility index (Phi) is 5.59. The lowest BCUT2D eigenvalue weighted by atomic mass is 10.1. The smallest absolute Gasteiger partial charge is 0.252 e. The Bertz CT molecular complexity index is 856.